The van der Waals surface area contributed by atoms with Crippen LogP contribution in [0.2, 0.25) is 0 Å². The van der Waals surface area contributed by atoms with Gasteiger partial charge >= 0.3 is 0 Å². The van der Waals surface area contributed by atoms with Crippen molar-refractivity contribution in [1.82, 2.24) is 0 Å². The zero-order chi connectivity index (χ0) is 42.0. The summed E-state index contributed by atoms with van der Waals surface area (Å²) < 4.78 is 70.3. The van der Waals surface area contributed by atoms with E-state index in [0.29, 0.717) is 30.3 Å². The van der Waals surface area contributed by atoms with E-state index in [-0.39, 0.29) is 48.8 Å². The van der Waals surface area contributed by atoms with E-state index in [1.165, 1.54) is 0 Å². The van der Waals surface area contributed by atoms with Gasteiger partial charge in [-0.1, -0.05) is 6.07 Å². The van der Waals surface area contributed by atoms with E-state index >= 15 is 0 Å². The Labute approximate surface area is 340 Å². The highest BCUT2D eigenvalue weighted by atomic mass is 16.8. The molecule has 0 aliphatic carbocycles. The van der Waals surface area contributed by atoms with Crippen LogP contribution in [-0.2, 0) is 33.2 Å². The lowest BCUT2D eigenvalue weighted by Crippen LogP contribution is -2.65. The lowest BCUT2D eigenvalue weighted by molar-refractivity contribution is -0.363. The molecule has 0 radical (unpaired) electrons. The Kier molecular flexibility index (Phi) is 12.0. The van der Waals surface area contributed by atoms with Crippen LogP contribution in [0.5, 0.6) is 28.7 Å². The molecule has 2 aromatic carbocycles. The molecule has 19 unspecified atom stereocenters. The molecule has 0 saturated carbocycles. The van der Waals surface area contributed by atoms with E-state index < -0.39 is 118 Å². The fourth-order valence-electron chi connectivity index (χ4n) is 8.71. The van der Waals surface area contributed by atoms with Gasteiger partial charge in [0.15, 0.2) is 41.7 Å². The molecule has 9 rings (SSSR count). The maximum absolute atomic E-state index is 11.6. The maximum Gasteiger partial charge on any atom is 0.231 e. The molecule has 0 aromatic heterocycles. The molecule has 22 heteroatoms. The Hall–Kier alpha value is -3.24. The van der Waals surface area contributed by atoms with Gasteiger partial charge in [-0.15, -0.1) is 0 Å². The van der Waals surface area contributed by atoms with Gasteiger partial charge in [0.25, 0.3) is 0 Å². The summed E-state index contributed by atoms with van der Waals surface area (Å²) in [6.45, 7) is -1.46. The molecule has 10 N–H and O–H groups in total. The number of aliphatic hydroxyl groups is 10. The molecule has 0 amide bonds. The van der Waals surface area contributed by atoms with Gasteiger partial charge in [-0.3, -0.25) is 0 Å². The molecule has 7 aliphatic rings. The van der Waals surface area contributed by atoms with E-state index in [4.69, 9.17) is 56.8 Å². The molecule has 0 bridgehead atoms. The first kappa shape index (κ1) is 42.1. The van der Waals surface area contributed by atoms with Gasteiger partial charge in [0.2, 0.25) is 25.6 Å². The van der Waals surface area contributed by atoms with Gasteiger partial charge in [0.1, 0.15) is 67.1 Å². The van der Waals surface area contributed by atoms with Crippen LogP contribution in [0.4, 0.5) is 0 Å². The smallest absolute Gasteiger partial charge is 0.231 e. The number of benzene rings is 2. The van der Waals surface area contributed by atoms with Crippen LogP contribution in [0, 0.1) is 11.8 Å². The number of rotatable bonds is 11. The minimum Gasteiger partial charge on any atom is -0.458 e. The molecule has 19 atom stereocenters. The number of fused-ring (bicyclic) bond motifs is 3. The molecule has 5 saturated heterocycles. The van der Waals surface area contributed by atoms with Crippen molar-refractivity contribution in [2.24, 2.45) is 11.8 Å². The first-order valence-electron chi connectivity index (χ1n) is 19.6. The predicted octanol–water partition coefficient (Wildman–Crippen LogP) is -3.95. The predicted molar refractivity (Wildman–Crippen MR) is 189 cm³/mol. The fourth-order valence-corrected chi connectivity index (χ4v) is 8.71. The topological polar surface area (TPSA) is 313 Å². The van der Waals surface area contributed by atoms with Gasteiger partial charge < -0.3 is 108 Å². The lowest BCUT2D eigenvalue weighted by Gasteiger charge is -2.46. The third-order valence-electron chi connectivity index (χ3n) is 12.1. The molecule has 5 fully saturated rings. The second-order valence-corrected chi connectivity index (χ2v) is 15.7. The molecular formula is C38H48O22. The SMILES string of the molecule is OCC1OC(OCC2OC(Oc3cc(C4OCC5C(c6ccc7c(c6)OCO7)OCC45)cc4c3OCO4)C(OC3OC(CO)C(O)C(O)C3O)C(O)C2O)C(O)C(O)C1O. The summed E-state index contributed by atoms with van der Waals surface area (Å²) in [7, 11) is 0. The third-order valence-corrected chi connectivity index (χ3v) is 12.1. The van der Waals surface area contributed by atoms with Crippen LogP contribution in [0.1, 0.15) is 23.3 Å². The van der Waals surface area contributed by atoms with Crippen molar-refractivity contribution in [3.63, 3.8) is 0 Å². The van der Waals surface area contributed by atoms with Gasteiger partial charge in [-0.2, -0.15) is 0 Å². The zero-order valence-corrected chi connectivity index (χ0v) is 31.7. The molecule has 2 aromatic rings. The second-order valence-electron chi connectivity index (χ2n) is 15.7. The summed E-state index contributed by atoms with van der Waals surface area (Å²) in [5.74, 6) is 1.57. The monoisotopic (exact) mass is 856 g/mol. The van der Waals surface area contributed by atoms with Crippen molar-refractivity contribution in [1.29, 1.82) is 0 Å². The summed E-state index contributed by atoms with van der Waals surface area (Å²) >= 11 is 0. The number of ether oxygens (including phenoxy) is 12. The summed E-state index contributed by atoms with van der Waals surface area (Å²) in [5, 5.41) is 105. The largest absolute Gasteiger partial charge is 0.458 e. The minimum absolute atomic E-state index is 0.0166. The van der Waals surface area contributed by atoms with Gasteiger partial charge in [0, 0.05) is 11.8 Å². The quantitative estimate of drug-likeness (QED) is 0.103. The van der Waals surface area contributed by atoms with Crippen LogP contribution in [0.25, 0.3) is 0 Å². The van der Waals surface area contributed by atoms with Crippen LogP contribution in [0.3, 0.4) is 0 Å². The van der Waals surface area contributed by atoms with E-state index in [9.17, 15) is 51.1 Å². The minimum atomic E-state index is -1.92. The van der Waals surface area contributed by atoms with E-state index in [1.54, 1.807) is 12.1 Å². The summed E-state index contributed by atoms with van der Waals surface area (Å²) in [5.41, 5.74) is 1.53. The zero-order valence-electron chi connectivity index (χ0n) is 31.7. The average Bonchev–Trinajstić information content (AvgIpc) is 4.08. The first-order valence-corrected chi connectivity index (χ1v) is 19.6. The molecule has 7 aliphatic heterocycles. The summed E-state index contributed by atoms with van der Waals surface area (Å²) in [6.07, 6.45) is -26.3. The van der Waals surface area contributed by atoms with Gasteiger partial charge in [-0.05, 0) is 35.4 Å². The van der Waals surface area contributed by atoms with Crippen LogP contribution in [0.15, 0.2) is 30.3 Å². The highest BCUT2D eigenvalue weighted by Crippen LogP contribution is 2.54. The van der Waals surface area contributed by atoms with Crippen LogP contribution >= 0.6 is 0 Å². The van der Waals surface area contributed by atoms with Crippen LogP contribution < -0.4 is 23.7 Å². The number of hydrogen-bond acceptors (Lipinski definition) is 22. The number of aliphatic hydroxyl groups excluding tert-OH is 10. The summed E-state index contributed by atoms with van der Waals surface area (Å²) in [4.78, 5) is 0. The highest BCUT2D eigenvalue weighted by molar-refractivity contribution is 5.56. The Morgan fingerprint density at radius 3 is 1.80 bits per heavy atom. The Bertz CT molecular complexity index is 1810. The average molecular weight is 857 g/mol. The lowest BCUT2D eigenvalue weighted by atomic mass is 9.85. The van der Waals surface area contributed by atoms with E-state index in [1.807, 2.05) is 18.2 Å². The molecule has 60 heavy (non-hydrogen) atoms. The highest BCUT2D eigenvalue weighted by Gasteiger charge is 2.54. The Morgan fingerprint density at radius 1 is 0.533 bits per heavy atom. The fraction of sp³-hybridized carbons (Fsp3) is 0.684. The second kappa shape index (κ2) is 17.1. The standard InChI is InChI=1S/C38H48O22/c39-6-21-24(41)27(44)30(47)36(57-21)51-10-23-26(43)29(46)35(60-37-31(48)28(45)25(42)22(7-40)58-37)38(59-23)56-20-5-14(4-19-34(20)55-12-54-19)33-16-9-49-32(15(16)8-50-33)13-1-2-17-18(3-13)53-11-52-17/h1-5,15-16,21-33,35-48H,6-12H2. The van der Waals surface area contributed by atoms with Crippen molar-refractivity contribution in [2.45, 2.75) is 104 Å². The van der Waals surface area contributed by atoms with Gasteiger partial charge in [-0.25, -0.2) is 0 Å². The molecular weight excluding hydrogens is 808 g/mol. The van der Waals surface area contributed by atoms with Crippen molar-refractivity contribution in [2.75, 3.05) is 46.6 Å². The van der Waals surface area contributed by atoms with Crippen molar-refractivity contribution in [3.8, 4) is 28.7 Å². The molecule has 332 valence electrons. The van der Waals surface area contributed by atoms with E-state index in [0.717, 1.165) is 5.56 Å². The molecule has 7 heterocycles. The van der Waals surface area contributed by atoms with Gasteiger partial charge in [0.05, 0.1) is 45.2 Å². The third kappa shape index (κ3) is 7.55. The summed E-state index contributed by atoms with van der Waals surface area (Å²) in [6, 6.07) is 9.04. The van der Waals surface area contributed by atoms with Crippen LogP contribution in [-0.4, -0.2) is 190 Å². The van der Waals surface area contributed by atoms with Crippen molar-refractivity contribution >= 4 is 0 Å². The Morgan fingerprint density at radius 2 is 1.10 bits per heavy atom. The Balaban J connectivity index is 0.979. The first-order chi connectivity index (χ1) is 28.9. The molecule has 22 nitrogen and oxygen atoms in total. The van der Waals surface area contributed by atoms with Crippen molar-refractivity contribution in [3.05, 3.63) is 41.5 Å². The van der Waals surface area contributed by atoms with E-state index in [2.05, 4.69) is 0 Å². The van der Waals surface area contributed by atoms with Crippen molar-refractivity contribution < 1.29 is 108 Å². The normalized spacial score (nSPS) is 43.3. The number of hydrogen-bond donors (Lipinski definition) is 10. The molecule has 0 spiro atoms. The maximum atomic E-state index is 11.6.